The van der Waals surface area contributed by atoms with Gasteiger partial charge in [-0.05, 0) is 35.9 Å². The quantitative estimate of drug-likeness (QED) is 0.766. The Hall–Kier alpha value is -2.11. The highest BCUT2D eigenvalue weighted by Crippen LogP contribution is 2.36. The summed E-state index contributed by atoms with van der Waals surface area (Å²) in [7, 11) is 0. The van der Waals surface area contributed by atoms with Crippen LogP contribution in [0.3, 0.4) is 0 Å². The van der Waals surface area contributed by atoms with E-state index in [1.807, 2.05) is 0 Å². The van der Waals surface area contributed by atoms with Gasteiger partial charge in [0.15, 0.2) is 0 Å². The Morgan fingerprint density at radius 2 is 1.42 bits per heavy atom. The van der Waals surface area contributed by atoms with Crippen LogP contribution in [0.5, 0.6) is 5.75 Å². The number of benzene rings is 2. The van der Waals surface area contributed by atoms with Gasteiger partial charge in [0.2, 0.25) is 0 Å². The van der Waals surface area contributed by atoms with Crippen molar-refractivity contribution in [3.05, 3.63) is 53.6 Å². The van der Waals surface area contributed by atoms with E-state index in [0.29, 0.717) is 18.2 Å². The number of hydrogen-bond donors (Lipinski definition) is 1. The fraction of sp³-hybridized carbons (Fsp3) is 0.0769. The van der Waals surface area contributed by atoms with Crippen LogP contribution in [0.25, 0.3) is 11.1 Å². The van der Waals surface area contributed by atoms with Gasteiger partial charge >= 0.3 is 6.18 Å². The maximum atomic E-state index is 13.0. The highest BCUT2D eigenvalue weighted by atomic mass is 19.4. The van der Waals surface area contributed by atoms with Crippen molar-refractivity contribution in [1.29, 1.82) is 0 Å². The van der Waals surface area contributed by atoms with Crippen LogP contribution in [0.15, 0.2) is 36.4 Å². The molecule has 2 rings (SSSR count). The highest BCUT2D eigenvalue weighted by Gasteiger charge is 2.31. The Labute approximate surface area is 104 Å². The zero-order chi connectivity index (χ0) is 14.2. The van der Waals surface area contributed by atoms with E-state index in [1.54, 1.807) is 0 Å². The molecule has 0 saturated carbocycles. The minimum absolute atomic E-state index is 0.166. The first-order valence-corrected chi connectivity index (χ1v) is 5.14. The zero-order valence-corrected chi connectivity index (χ0v) is 9.30. The SMILES string of the molecule is Oc1ccc(C(F)(F)F)cc1-c1cc(F)cc(F)c1. The van der Waals surface area contributed by atoms with Gasteiger partial charge in [-0.15, -0.1) is 0 Å². The van der Waals surface area contributed by atoms with E-state index in [4.69, 9.17) is 0 Å². The lowest BCUT2D eigenvalue weighted by molar-refractivity contribution is -0.137. The van der Waals surface area contributed by atoms with Crippen LogP contribution in [-0.4, -0.2) is 5.11 Å². The summed E-state index contributed by atoms with van der Waals surface area (Å²) < 4.78 is 63.7. The van der Waals surface area contributed by atoms with Crippen LogP contribution in [0, 0.1) is 11.6 Å². The second kappa shape index (κ2) is 4.53. The van der Waals surface area contributed by atoms with Crippen LogP contribution < -0.4 is 0 Å². The van der Waals surface area contributed by atoms with E-state index in [1.165, 1.54) is 0 Å². The molecule has 0 radical (unpaired) electrons. The average molecular weight is 274 g/mol. The molecule has 0 aliphatic rings. The van der Waals surface area contributed by atoms with E-state index in [9.17, 15) is 27.1 Å². The first-order chi connectivity index (χ1) is 8.77. The lowest BCUT2D eigenvalue weighted by atomic mass is 10.0. The summed E-state index contributed by atoms with van der Waals surface area (Å²) in [5.74, 6) is -2.36. The minimum atomic E-state index is -4.60. The lowest BCUT2D eigenvalue weighted by Gasteiger charge is -2.11. The predicted octanol–water partition coefficient (Wildman–Crippen LogP) is 4.36. The summed E-state index contributed by atoms with van der Waals surface area (Å²) >= 11 is 0. The molecule has 1 N–H and O–H groups in total. The molecule has 0 unspecified atom stereocenters. The second-order valence-electron chi connectivity index (χ2n) is 3.89. The van der Waals surface area contributed by atoms with Crippen molar-refractivity contribution in [3.63, 3.8) is 0 Å². The van der Waals surface area contributed by atoms with Crippen molar-refractivity contribution in [2.75, 3.05) is 0 Å². The number of phenolic OH excluding ortho intramolecular Hbond substituents is 1. The van der Waals surface area contributed by atoms with Crippen LogP contribution in [0.1, 0.15) is 5.56 Å². The van der Waals surface area contributed by atoms with Gasteiger partial charge in [-0.25, -0.2) is 8.78 Å². The molecule has 0 bridgehead atoms. The Balaban J connectivity index is 2.61. The van der Waals surface area contributed by atoms with Crippen molar-refractivity contribution in [3.8, 4) is 16.9 Å². The molecule has 2 aromatic carbocycles. The van der Waals surface area contributed by atoms with Crippen molar-refractivity contribution < 1.29 is 27.1 Å². The molecular formula is C13H7F5O. The number of phenols is 1. The molecule has 0 spiro atoms. The third kappa shape index (κ3) is 2.83. The zero-order valence-electron chi connectivity index (χ0n) is 9.30. The monoisotopic (exact) mass is 274 g/mol. The normalized spacial score (nSPS) is 11.6. The fourth-order valence-corrected chi connectivity index (χ4v) is 1.65. The van der Waals surface area contributed by atoms with Crippen molar-refractivity contribution in [1.82, 2.24) is 0 Å². The molecular weight excluding hydrogens is 267 g/mol. The molecule has 0 aliphatic carbocycles. The standard InChI is InChI=1S/C13H7F5O/c14-9-3-7(4-10(15)6-9)11-5-8(13(16,17)18)1-2-12(11)19/h1-6,19H. The Morgan fingerprint density at radius 3 is 1.95 bits per heavy atom. The van der Waals surface area contributed by atoms with Gasteiger partial charge in [-0.1, -0.05) is 0 Å². The molecule has 19 heavy (non-hydrogen) atoms. The van der Waals surface area contributed by atoms with Crippen LogP contribution in [0.2, 0.25) is 0 Å². The molecule has 0 atom stereocenters. The van der Waals surface area contributed by atoms with Gasteiger partial charge in [0.05, 0.1) is 5.56 Å². The Morgan fingerprint density at radius 1 is 0.842 bits per heavy atom. The fourth-order valence-electron chi connectivity index (χ4n) is 1.65. The molecule has 100 valence electrons. The van der Waals surface area contributed by atoms with Gasteiger partial charge in [-0.2, -0.15) is 13.2 Å². The lowest BCUT2D eigenvalue weighted by Crippen LogP contribution is -2.04. The van der Waals surface area contributed by atoms with E-state index in [2.05, 4.69) is 0 Å². The number of alkyl halides is 3. The van der Waals surface area contributed by atoms with Crippen LogP contribution in [-0.2, 0) is 6.18 Å². The van der Waals surface area contributed by atoms with E-state index in [-0.39, 0.29) is 11.1 Å². The summed E-state index contributed by atoms with van der Waals surface area (Å²) in [5, 5.41) is 9.52. The number of aromatic hydroxyl groups is 1. The van der Waals surface area contributed by atoms with Gasteiger partial charge in [-0.3, -0.25) is 0 Å². The first kappa shape index (κ1) is 13.3. The van der Waals surface area contributed by atoms with E-state index < -0.39 is 29.1 Å². The van der Waals surface area contributed by atoms with Crippen molar-refractivity contribution in [2.45, 2.75) is 6.18 Å². The molecule has 0 heterocycles. The van der Waals surface area contributed by atoms with Gasteiger partial charge in [0.1, 0.15) is 17.4 Å². The summed E-state index contributed by atoms with van der Waals surface area (Å²) in [5.41, 5.74) is -1.46. The summed E-state index contributed by atoms with van der Waals surface area (Å²) in [6.45, 7) is 0. The largest absolute Gasteiger partial charge is 0.507 e. The molecule has 0 fully saturated rings. The van der Waals surface area contributed by atoms with Crippen molar-refractivity contribution in [2.24, 2.45) is 0 Å². The first-order valence-electron chi connectivity index (χ1n) is 5.14. The molecule has 6 heteroatoms. The Kier molecular flexibility index (Phi) is 3.18. The minimum Gasteiger partial charge on any atom is -0.507 e. The average Bonchev–Trinajstić information content (AvgIpc) is 2.26. The van der Waals surface area contributed by atoms with Crippen LogP contribution >= 0.6 is 0 Å². The van der Waals surface area contributed by atoms with Gasteiger partial charge in [0, 0.05) is 11.6 Å². The van der Waals surface area contributed by atoms with E-state index in [0.717, 1.165) is 18.2 Å². The third-order valence-electron chi connectivity index (χ3n) is 2.50. The number of rotatable bonds is 1. The predicted molar refractivity (Wildman–Crippen MR) is 58.5 cm³/mol. The highest BCUT2D eigenvalue weighted by molar-refractivity contribution is 5.71. The second-order valence-corrected chi connectivity index (χ2v) is 3.89. The molecule has 1 nitrogen and oxygen atoms in total. The van der Waals surface area contributed by atoms with E-state index >= 15 is 0 Å². The smallest absolute Gasteiger partial charge is 0.416 e. The number of halogens is 5. The maximum Gasteiger partial charge on any atom is 0.416 e. The maximum absolute atomic E-state index is 13.0. The molecule has 2 aromatic rings. The van der Waals surface area contributed by atoms with Gasteiger partial charge in [0.25, 0.3) is 0 Å². The van der Waals surface area contributed by atoms with Crippen molar-refractivity contribution >= 4 is 0 Å². The summed E-state index contributed by atoms with van der Waals surface area (Å²) in [4.78, 5) is 0. The molecule has 0 aromatic heterocycles. The third-order valence-corrected chi connectivity index (χ3v) is 2.50. The summed E-state index contributed by atoms with van der Waals surface area (Å²) in [6, 6.07) is 4.45. The molecule has 0 aliphatic heterocycles. The van der Waals surface area contributed by atoms with Crippen LogP contribution in [0.4, 0.5) is 22.0 Å². The summed E-state index contributed by atoms with van der Waals surface area (Å²) in [6.07, 6.45) is -4.60. The molecule has 0 amide bonds. The molecule has 0 saturated heterocycles. The van der Waals surface area contributed by atoms with Gasteiger partial charge < -0.3 is 5.11 Å². The Bertz CT molecular complexity index is 599. The topological polar surface area (TPSA) is 20.2 Å². The number of hydrogen-bond acceptors (Lipinski definition) is 1.